The molecule has 122 valence electrons. The second kappa shape index (κ2) is 17.3. The zero-order chi connectivity index (χ0) is 13.4. The summed E-state index contributed by atoms with van der Waals surface area (Å²) >= 11 is 1.36. The van der Waals surface area contributed by atoms with Crippen molar-refractivity contribution < 1.29 is 23.3 Å². The minimum atomic E-state index is 0. The zero-order valence-electron chi connectivity index (χ0n) is 13.6. The van der Waals surface area contributed by atoms with E-state index in [1.165, 1.54) is 45.2 Å². The molecule has 0 unspecified atom stereocenters. The SMILES string of the molecule is CC1=CC[C-]=C1.Cc1cc2ccccc2[cH-]1.Cl.Cl.[CH3-].[CH3-].[Si]=[Zr]. The normalized spacial score (nSPS) is 9.95. The molecule has 3 rings (SSSR count). The summed E-state index contributed by atoms with van der Waals surface area (Å²) in [6, 6.07) is 12.8. The van der Waals surface area contributed by atoms with E-state index in [-0.39, 0.29) is 39.7 Å². The second-order valence-corrected chi connectivity index (χ2v) is 4.16. The Hall–Kier alpha value is -0.01000. The first-order chi connectivity index (χ1) is 8.75. The molecule has 4 heteroatoms. The summed E-state index contributed by atoms with van der Waals surface area (Å²) in [5.74, 6) is 0. The van der Waals surface area contributed by atoms with Crippen LogP contribution in [-0.2, 0) is 23.3 Å². The van der Waals surface area contributed by atoms with E-state index in [1.807, 2.05) is 6.08 Å². The number of allylic oxidation sites excluding steroid dienone is 4. The van der Waals surface area contributed by atoms with Gasteiger partial charge in [0.15, 0.2) is 0 Å². The Morgan fingerprint density at radius 1 is 1.09 bits per heavy atom. The van der Waals surface area contributed by atoms with E-state index >= 15 is 0 Å². The fourth-order valence-corrected chi connectivity index (χ4v) is 1.80. The third kappa shape index (κ3) is 10.7. The molecule has 0 amide bonds. The fourth-order valence-electron chi connectivity index (χ4n) is 1.80. The Kier molecular flexibility index (Phi) is 23.6. The molecule has 0 nitrogen and oxygen atoms in total. The third-order valence-corrected chi connectivity index (χ3v) is 2.63. The minimum absolute atomic E-state index is 0. The molecule has 0 spiro atoms. The van der Waals surface area contributed by atoms with Crippen LogP contribution >= 0.6 is 24.8 Å². The maximum absolute atomic E-state index is 3.06. The maximum atomic E-state index is 3.06. The average Bonchev–Trinajstić information content (AvgIpc) is 3.00. The fraction of sp³-hybridized carbons (Fsp3) is 0.167. The summed E-state index contributed by atoms with van der Waals surface area (Å²) in [5.41, 5.74) is 2.69. The van der Waals surface area contributed by atoms with Gasteiger partial charge in [-0.25, -0.2) is 11.6 Å². The van der Waals surface area contributed by atoms with E-state index < -0.39 is 0 Å². The Bertz CT molecular complexity index is 523. The van der Waals surface area contributed by atoms with Crippen LogP contribution < -0.4 is 0 Å². The van der Waals surface area contributed by atoms with E-state index in [1.54, 1.807) is 0 Å². The van der Waals surface area contributed by atoms with Crippen molar-refractivity contribution in [3.63, 3.8) is 0 Å². The van der Waals surface area contributed by atoms with Gasteiger partial charge in [0.25, 0.3) is 0 Å². The van der Waals surface area contributed by atoms with E-state index in [0.29, 0.717) is 0 Å². The molecular formula is C18H24Cl2SiZr-4. The molecule has 2 aromatic carbocycles. The summed E-state index contributed by atoms with van der Waals surface area (Å²) in [7, 11) is 0. The number of hydrogen-bond donors (Lipinski definition) is 0. The second-order valence-electron chi connectivity index (χ2n) is 4.16. The molecule has 0 saturated carbocycles. The number of fused-ring (bicyclic) bond motifs is 1. The van der Waals surface area contributed by atoms with E-state index in [2.05, 4.69) is 69.3 Å². The van der Waals surface area contributed by atoms with Crippen LogP contribution in [0.25, 0.3) is 10.8 Å². The van der Waals surface area contributed by atoms with Crippen molar-refractivity contribution in [1.82, 2.24) is 0 Å². The predicted molar refractivity (Wildman–Crippen MR) is 104 cm³/mol. The van der Waals surface area contributed by atoms with Crippen LogP contribution in [0, 0.1) is 27.9 Å². The molecule has 0 heterocycles. The first-order valence-electron chi connectivity index (χ1n) is 5.86. The standard InChI is InChI=1S/C10H9.C6H7.2CH3.2ClH.Si.Zr/c1-8-6-9-4-2-3-5-10(9)7-8;1-6-4-2-3-5-6;;;;;;/h2-7H,1H3;4-5H,2H2,1H3;2*1H3;2*1H;;/q4*-1;;;;. The van der Waals surface area contributed by atoms with Gasteiger partial charge in [0, 0.05) is 0 Å². The van der Waals surface area contributed by atoms with Gasteiger partial charge < -0.3 is 14.9 Å². The summed E-state index contributed by atoms with van der Waals surface area (Å²) in [4.78, 5) is 0. The van der Waals surface area contributed by atoms with Gasteiger partial charge in [-0.1, -0.05) is 13.0 Å². The average molecular weight is 431 g/mol. The van der Waals surface area contributed by atoms with Crippen LogP contribution in [-0.4, -0.2) is 6.88 Å². The number of hydrogen-bond acceptors (Lipinski definition) is 0. The van der Waals surface area contributed by atoms with Gasteiger partial charge in [-0.15, -0.1) is 78.8 Å². The van der Waals surface area contributed by atoms with Crippen LogP contribution in [0.4, 0.5) is 0 Å². The van der Waals surface area contributed by atoms with Gasteiger partial charge in [-0.2, -0.15) is 12.1 Å². The Balaban J connectivity index is -0.000000121. The van der Waals surface area contributed by atoms with Gasteiger partial charge >= 0.3 is 30.2 Å². The number of halogens is 2. The quantitative estimate of drug-likeness (QED) is 0.359. The van der Waals surface area contributed by atoms with Crippen molar-refractivity contribution in [3.05, 3.63) is 80.6 Å². The molecule has 2 aromatic rings. The molecule has 0 atom stereocenters. The van der Waals surface area contributed by atoms with Crippen LogP contribution in [0.2, 0.25) is 0 Å². The number of aryl methyl sites for hydroxylation is 1. The van der Waals surface area contributed by atoms with Gasteiger partial charge in [0.05, 0.1) is 0 Å². The van der Waals surface area contributed by atoms with Crippen molar-refractivity contribution in [2.75, 3.05) is 0 Å². The van der Waals surface area contributed by atoms with Crippen molar-refractivity contribution in [1.29, 1.82) is 0 Å². The molecule has 0 fully saturated rings. The van der Waals surface area contributed by atoms with E-state index in [9.17, 15) is 0 Å². The van der Waals surface area contributed by atoms with Crippen LogP contribution in [0.5, 0.6) is 0 Å². The molecule has 0 N–H and O–H groups in total. The molecule has 0 aromatic heterocycles. The topological polar surface area (TPSA) is 0 Å². The summed E-state index contributed by atoms with van der Waals surface area (Å²) < 4.78 is 0. The van der Waals surface area contributed by atoms with Crippen molar-refractivity contribution in [3.8, 4) is 0 Å². The Labute approximate surface area is 165 Å². The van der Waals surface area contributed by atoms with Crippen molar-refractivity contribution >= 4 is 42.5 Å². The van der Waals surface area contributed by atoms with Gasteiger partial charge in [-0.3, -0.25) is 6.08 Å². The molecule has 0 saturated heterocycles. The Morgan fingerprint density at radius 3 is 2.09 bits per heavy atom. The van der Waals surface area contributed by atoms with Gasteiger partial charge in [-0.05, 0) is 0 Å². The molecule has 1 aliphatic rings. The van der Waals surface area contributed by atoms with Crippen molar-refractivity contribution in [2.24, 2.45) is 0 Å². The molecular weight excluding hydrogens is 406 g/mol. The van der Waals surface area contributed by atoms with Crippen LogP contribution in [0.1, 0.15) is 18.9 Å². The van der Waals surface area contributed by atoms with Gasteiger partial charge in [0.1, 0.15) is 0 Å². The van der Waals surface area contributed by atoms with E-state index in [0.717, 1.165) is 6.42 Å². The molecule has 22 heavy (non-hydrogen) atoms. The summed E-state index contributed by atoms with van der Waals surface area (Å²) in [5, 5.41) is 2.69. The number of benzene rings is 1. The summed E-state index contributed by atoms with van der Waals surface area (Å²) in [6.07, 6.45) is 8.24. The molecule has 0 aliphatic heterocycles. The monoisotopic (exact) mass is 428 g/mol. The summed E-state index contributed by atoms with van der Waals surface area (Å²) in [6.45, 7) is 7.27. The number of rotatable bonds is 0. The van der Waals surface area contributed by atoms with E-state index in [4.69, 9.17) is 0 Å². The molecule has 1 aliphatic carbocycles. The molecule has 2 radical (unpaired) electrons. The predicted octanol–water partition coefficient (Wildman–Crippen LogP) is 5.92. The van der Waals surface area contributed by atoms with Crippen molar-refractivity contribution in [2.45, 2.75) is 20.3 Å². The van der Waals surface area contributed by atoms with Crippen LogP contribution in [0.3, 0.4) is 0 Å². The first-order valence-corrected chi connectivity index (χ1v) is 10.0. The zero-order valence-corrected chi connectivity index (χ0v) is 18.7. The van der Waals surface area contributed by atoms with Crippen LogP contribution in [0.15, 0.2) is 54.1 Å². The van der Waals surface area contributed by atoms with Gasteiger partial charge in [0.2, 0.25) is 0 Å². The third-order valence-electron chi connectivity index (χ3n) is 2.63. The first kappa shape index (κ1) is 29.9. The Morgan fingerprint density at radius 2 is 1.68 bits per heavy atom. The molecule has 0 bridgehead atoms.